The van der Waals surface area contributed by atoms with E-state index < -0.39 is 0 Å². The summed E-state index contributed by atoms with van der Waals surface area (Å²) in [7, 11) is 0. The van der Waals surface area contributed by atoms with E-state index in [1.807, 2.05) is 6.07 Å². The molecule has 0 aromatic heterocycles. The molecule has 13 heavy (non-hydrogen) atoms. The van der Waals surface area contributed by atoms with E-state index >= 15 is 0 Å². The van der Waals surface area contributed by atoms with E-state index in [0.717, 1.165) is 13.1 Å². The summed E-state index contributed by atoms with van der Waals surface area (Å²) >= 11 is 0. The summed E-state index contributed by atoms with van der Waals surface area (Å²) in [5, 5.41) is 4.48. The van der Waals surface area contributed by atoms with Crippen LogP contribution in [0.4, 0.5) is 0 Å². The maximum Gasteiger partial charge on any atom is 0.0384 e. The molecule has 71 valence electrons. The summed E-state index contributed by atoms with van der Waals surface area (Å²) in [6.45, 7) is 4.12. The molecule has 0 saturated heterocycles. The highest BCUT2D eigenvalue weighted by Crippen LogP contribution is 1.99. The van der Waals surface area contributed by atoms with Gasteiger partial charge in [-0.25, -0.2) is 5.32 Å². The van der Waals surface area contributed by atoms with Crippen molar-refractivity contribution >= 4 is 0 Å². The molecule has 0 fully saturated rings. The number of nitrogens with zero attached hydrogens (tertiary/aromatic N) is 1. The third kappa shape index (κ3) is 4.69. The lowest BCUT2D eigenvalue weighted by atomic mass is 10.2. The third-order valence-corrected chi connectivity index (χ3v) is 2.06. The molecule has 0 unspecified atom stereocenters. The van der Waals surface area contributed by atoms with Crippen molar-refractivity contribution in [3.05, 3.63) is 35.9 Å². The molecule has 0 heterocycles. The van der Waals surface area contributed by atoms with E-state index in [0.29, 0.717) is 0 Å². The van der Waals surface area contributed by atoms with Gasteiger partial charge < -0.3 is 0 Å². The second-order valence-corrected chi connectivity index (χ2v) is 3.30. The highest BCUT2D eigenvalue weighted by Gasteiger charge is 1.91. The smallest absolute Gasteiger partial charge is 0.0384 e. The van der Waals surface area contributed by atoms with Crippen LogP contribution in [0.2, 0.25) is 0 Å². The monoisotopic (exact) mass is 176 g/mol. The average molecular weight is 176 g/mol. The normalized spacial score (nSPS) is 10.2. The fraction of sp³-hybridized carbons (Fsp3) is 0.500. The molecule has 0 atom stereocenters. The van der Waals surface area contributed by atoms with E-state index in [-0.39, 0.29) is 0 Å². The van der Waals surface area contributed by atoms with Crippen LogP contribution in [0, 0.1) is 0 Å². The summed E-state index contributed by atoms with van der Waals surface area (Å²) in [5.41, 5.74) is 1.32. The van der Waals surface area contributed by atoms with Gasteiger partial charge in [-0.05, 0) is 12.0 Å². The van der Waals surface area contributed by atoms with Gasteiger partial charge in [-0.2, -0.15) is 0 Å². The zero-order valence-corrected chi connectivity index (χ0v) is 8.37. The quantitative estimate of drug-likeness (QED) is 0.592. The molecule has 1 aromatic carbocycles. The summed E-state index contributed by atoms with van der Waals surface area (Å²) in [6.07, 6.45) is 3.82. The predicted molar refractivity (Wildman–Crippen MR) is 56.7 cm³/mol. The molecule has 0 aliphatic rings. The second-order valence-electron chi connectivity index (χ2n) is 3.30. The van der Waals surface area contributed by atoms with Crippen molar-refractivity contribution in [1.29, 1.82) is 0 Å². The number of hydrogen-bond donors (Lipinski definition) is 0. The van der Waals surface area contributed by atoms with Crippen LogP contribution in [0.5, 0.6) is 0 Å². The zero-order valence-electron chi connectivity index (χ0n) is 8.37. The highest BCUT2D eigenvalue weighted by atomic mass is 14.8. The van der Waals surface area contributed by atoms with Crippen molar-refractivity contribution in [1.82, 2.24) is 5.32 Å². The maximum atomic E-state index is 4.48. The Balaban J connectivity index is 2.07. The Kier molecular flexibility index (Phi) is 5.27. The molecular weight excluding hydrogens is 158 g/mol. The van der Waals surface area contributed by atoms with Gasteiger partial charge in [-0.1, -0.05) is 50.1 Å². The van der Waals surface area contributed by atoms with Gasteiger partial charge in [0.05, 0.1) is 0 Å². The second kappa shape index (κ2) is 6.67. The Morgan fingerprint density at radius 2 is 1.85 bits per heavy atom. The van der Waals surface area contributed by atoms with Crippen molar-refractivity contribution in [2.45, 2.75) is 32.7 Å². The van der Waals surface area contributed by atoms with Gasteiger partial charge in [0.2, 0.25) is 0 Å². The first-order valence-electron chi connectivity index (χ1n) is 5.10. The minimum atomic E-state index is 0.880. The summed E-state index contributed by atoms with van der Waals surface area (Å²) in [4.78, 5) is 0. The molecule has 0 N–H and O–H groups in total. The lowest BCUT2D eigenvalue weighted by molar-refractivity contribution is 0.607. The van der Waals surface area contributed by atoms with Crippen LogP contribution in [0.3, 0.4) is 0 Å². The average Bonchev–Trinajstić information content (AvgIpc) is 2.19. The molecule has 1 aromatic rings. The van der Waals surface area contributed by atoms with Crippen molar-refractivity contribution in [3.8, 4) is 0 Å². The number of benzene rings is 1. The van der Waals surface area contributed by atoms with Gasteiger partial charge in [0, 0.05) is 13.1 Å². The largest absolute Gasteiger partial charge is 0.237 e. The maximum absolute atomic E-state index is 4.48. The lowest BCUT2D eigenvalue weighted by Crippen LogP contribution is -2.06. The molecule has 1 nitrogen and oxygen atoms in total. The number of rotatable bonds is 6. The molecule has 0 bridgehead atoms. The molecule has 0 spiro atoms. The fourth-order valence-electron chi connectivity index (χ4n) is 1.27. The van der Waals surface area contributed by atoms with Crippen LogP contribution in [-0.2, 0) is 6.54 Å². The molecule has 1 radical (unpaired) electrons. The van der Waals surface area contributed by atoms with Crippen molar-refractivity contribution in [2.24, 2.45) is 0 Å². The molecular formula is C12H18N. The first kappa shape index (κ1) is 10.3. The minimum Gasteiger partial charge on any atom is -0.237 e. The standard InChI is InChI=1S/C12H18N/c1-2-3-7-10-13-11-12-8-5-4-6-9-12/h4-6,8-9H,2-3,7,10-11H2,1H3. The Morgan fingerprint density at radius 1 is 1.08 bits per heavy atom. The van der Waals surface area contributed by atoms with E-state index in [1.54, 1.807) is 0 Å². The first-order chi connectivity index (χ1) is 6.43. The van der Waals surface area contributed by atoms with E-state index in [4.69, 9.17) is 0 Å². The van der Waals surface area contributed by atoms with Gasteiger partial charge in [0.25, 0.3) is 0 Å². The molecule has 0 saturated carbocycles. The van der Waals surface area contributed by atoms with Crippen LogP contribution < -0.4 is 5.32 Å². The van der Waals surface area contributed by atoms with Crippen LogP contribution in [0.1, 0.15) is 31.7 Å². The molecule has 0 amide bonds. The zero-order chi connectivity index (χ0) is 9.36. The predicted octanol–water partition coefficient (Wildman–Crippen LogP) is 2.98. The molecule has 0 aliphatic carbocycles. The molecule has 1 heteroatoms. The first-order valence-corrected chi connectivity index (χ1v) is 5.10. The van der Waals surface area contributed by atoms with Gasteiger partial charge in [0.1, 0.15) is 0 Å². The summed E-state index contributed by atoms with van der Waals surface area (Å²) in [6, 6.07) is 10.4. The van der Waals surface area contributed by atoms with E-state index in [9.17, 15) is 0 Å². The van der Waals surface area contributed by atoms with Gasteiger partial charge in [-0.3, -0.25) is 0 Å². The van der Waals surface area contributed by atoms with E-state index in [1.165, 1.54) is 24.8 Å². The van der Waals surface area contributed by atoms with Crippen molar-refractivity contribution in [3.63, 3.8) is 0 Å². The van der Waals surface area contributed by atoms with Crippen LogP contribution in [0.15, 0.2) is 30.3 Å². The number of unbranched alkanes of at least 4 members (excludes halogenated alkanes) is 2. The SMILES string of the molecule is CCCCC[N]Cc1ccccc1. The summed E-state index contributed by atoms with van der Waals surface area (Å²) < 4.78 is 0. The molecule has 0 aliphatic heterocycles. The van der Waals surface area contributed by atoms with Gasteiger partial charge in [-0.15, -0.1) is 0 Å². The van der Waals surface area contributed by atoms with Gasteiger partial charge in [0.15, 0.2) is 0 Å². The van der Waals surface area contributed by atoms with Gasteiger partial charge >= 0.3 is 0 Å². The van der Waals surface area contributed by atoms with Crippen molar-refractivity contribution in [2.75, 3.05) is 6.54 Å². The molecule has 1 rings (SSSR count). The number of hydrogen-bond acceptors (Lipinski definition) is 0. The van der Waals surface area contributed by atoms with E-state index in [2.05, 4.69) is 36.5 Å². The van der Waals surface area contributed by atoms with Crippen LogP contribution >= 0.6 is 0 Å². The van der Waals surface area contributed by atoms with Crippen molar-refractivity contribution < 1.29 is 0 Å². The third-order valence-electron chi connectivity index (χ3n) is 2.06. The minimum absolute atomic E-state index is 0.880. The summed E-state index contributed by atoms with van der Waals surface area (Å²) in [5.74, 6) is 0. The van der Waals surface area contributed by atoms with Crippen LogP contribution in [0.25, 0.3) is 0 Å². The fourth-order valence-corrected chi connectivity index (χ4v) is 1.27. The Hall–Kier alpha value is -0.820. The lowest BCUT2D eigenvalue weighted by Gasteiger charge is -2.01. The Morgan fingerprint density at radius 3 is 2.54 bits per heavy atom. The van der Waals surface area contributed by atoms with Crippen LogP contribution in [-0.4, -0.2) is 6.54 Å². The Labute approximate surface area is 81.2 Å². The Bertz CT molecular complexity index is 206. The topological polar surface area (TPSA) is 14.1 Å². The highest BCUT2D eigenvalue weighted by molar-refractivity contribution is 5.14.